The molecule has 18 nitrogen and oxygen atoms in total. The third kappa shape index (κ3) is 55.0. The van der Waals surface area contributed by atoms with Gasteiger partial charge in [0.05, 0.1) is 24.7 Å². The van der Waals surface area contributed by atoms with Crippen molar-refractivity contribution in [3.63, 3.8) is 0 Å². The highest BCUT2D eigenvalue weighted by Gasteiger charge is 2.31. The monoisotopic (exact) mass is 1310 g/mol. The summed E-state index contributed by atoms with van der Waals surface area (Å²) < 4.78 is 37.3. The van der Waals surface area contributed by atoms with Crippen LogP contribution in [0.25, 0.3) is 0 Å². The predicted molar refractivity (Wildman–Crippen MR) is 364 cm³/mol. The van der Waals surface area contributed by atoms with E-state index in [1.165, 1.54) is 51.4 Å². The molecular formula is C75H124O18. The molecule has 0 radical (unpaired) electrons. The zero-order chi connectivity index (χ0) is 68.6. The van der Waals surface area contributed by atoms with Crippen LogP contribution in [0, 0.1) is 23.7 Å². The van der Waals surface area contributed by atoms with E-state index in [2.05, 4.69) is 46.1 Å². The van der Waals surface area contributed by atoms with Gasteiger partial charge in [0.25, 0.3) is 0 Å². The number of allylic oxidation sites excluding steroid dienone is 6. The van der Waals surface area contributed by atoms with Gasteiger partial charge in [-0.2, -0.15) is 0 Å². The Morgan fingerprint density at radius 3 is 1.13 bits per heavy atom. The lowest BCUT2D eigenvalue weighted by molar-refractivity contribution is -0.167. The Hall–Kier alpha value is -6.07. The maximum Gasteiger partial charge on any atom is 0.330 e. The van der Waals surface area contributed by atoms with Crippen molar-refractivity contribution in [1.82, 2.24) is 0 Å². The number of carboxylic acid groups (broad SMARTS) is 2. The van der Waals surface area contributed by atoms with Crippen molar-refractivity contribution < 1.29 is 86.5 Å². The number of rotatable bonds is 66. The molecule has 93 heavy (non-hydrogen) atoms. The molecule has 0 saturated carbocycles. The Balaban J connectivity index is 5.52. The van der Waals surface area contributed by atoms with Crippen molar-refractivity contribution in [2.75, 3.05) is 39.6 Å². The predicted octanol–water partition coefficient (Wildman–Crippen LogP) is 17.3. The molecule has 2 N–H and O–H groups in total. The molecule has 0 aliphatic heterocycles. The van der Waals surface area contributed by atoms with E-state index in [0.29, 0.717) is 57.8 Å². The van der Waals surface area contributed by atoms with Gasteiger partial charge in [-0.05, 0) is 95.3 Å². The number of esters is 7. The van der Waals surface area contributed by atoms with E-state index in [1.54, 1.807) is 0 Å². The molecule has 0 aromatic heterocycles. The van der Waals surface area contributed by atoms with Crippen molar-refractivity contribution in [2.45, 2.75) is 297 Å². The zero-order valence-corrected chi connectivity index (χ0v) is 57.8. The van der Waals surface area contributed by atoms with Crippen LogP contribution in [-0.4, -0.2) is 110 Å². The maximum absolute atomic E-state index is 13.2. The van der Waals surface area contributed by atoms with Gasteiger partial charge in [0, 0.05) is 31.4 Å². The highest BCUT2D eigenvalue weighted by Crippen LogP contribution is 2.28. The van der Waals surface area contributed by atoms with Gasteiger partial charge in [0.1, 0.15) is 39.6 Å². The van der Waals surface area contributed by atoms with Gasteiger partial charge in [0.2, 0.25) is 0 Å². The third-order valence-electron chi connectivity index (χ3n) is 16.3. The molecule has 5 unspecified atom stereocenters. The number of carbonyl (C=O) groups is 9. The lowest BCUT2D eigenvalue weighted by Crippen LogP contribution is -2.30. The second-order valence-corrected chi connectivity index (χ2v) is 24.5. The lowest BCUT2D eigenvalue weighted by atomic mass is 9.84. The van der Waals surface area contributed by atoms with Crippen molar-refractivity contribution in [1.29, 1.82) is 0 Å². The first-order valence-corrected chi connectivity index (χ1v) is 36.0. The number of carboxylic acids is 2. The quantitative estimate of drug-likeness (QED) is 0.0188. The highest BCUT2D eigenvalue weighted by molar-refractivity contribution is 5.82. The van der Waals surface area contributed by atoms with Crippen molar-refractivity contribution in [3.05, 3.63) is 61.8 Å². The minimum Gasteiger partial charge on any atom is -0.481 e. The van der Waals surface area contributed by atoms with Gasteiger partial charge in [-0.25, -0.2) is 9.59 Å². The van der Waals surface area contributed by atoms with E-state index in [0.717, 1.165) is 141 Å². The van der Waals surface area contributed by atoms with Gasteiger partial charge >= 0.3 is 53.7 Å². The van der Waals surface area contributed by atoms with E-state index < -0.39 is 84.0 Å². The molecule has 0 aliphatic rings. The zero-order valence-electron chi connectivity index (χ0n) is 57.8. The number of hydrogen-bond acceptors (Lipinski definition) is 16. The van der Waals surface area contributed by atoms with Gasteiger partial charge in [-0.3, -0.25) is 33.6 Å². The Labute approximate surface area is 559 Å². The number of ether oxygens (including phenoxy) is 7. The van der Waals surface area contributed by atoms with Crippen LogP contribution in [-0.2, 0) is 76.3 Å². The van der Waals surface area contributed by atoms with E-state index in [9.17, 15) is 53.4 Å². The summed E-state index contributed by atoms with van der Waals surface area (Å²) in [6.45, 7) is 11.9. The second kappa shape index (κ2) is 63.3. The fourth-order valence-corrected chi connectivity index (χ4v) is 10.8. The van der Waals surface area contributed by atoms with E-state index in [4.69, 9.17) is 33.2 Å². The van der Waals surface area contributed by atoms with Crippen molar-refractivity contribution in [2.24, 2.45) is 23.7 Å². The molecule has 0 bridgehead atoms. The van der Waals surface area contributed by atoms with Crippen LogP contribution >= 0.6 is 0 Å². The van der Waals surface area contributed by atoms with Crippen LogP contribution in [0.3, 0.4) is 0 Å². The molecular weight excluding hydrogens is 1190 g/mol. The van der Waals surface area contributed by atoms with Crippen molar-refractivity contribution >= 4 is 53.7 Å². The van der Waals surface area contributed by atoms with E-state index >= 15 is 0 Å². The molecule has 0 heterocycles. The van der Waals surface area contributed by atoms with E-state index in [1.807, 2.05) is 24.3 Å². The summed E-state index contributed by atoms with van der Waals surface area (Å²) in [5.41, 5.74) is 0. The minimum atomic E-state index is -1.12. The topological polar surface area (TPSA) is 259 Å². The normalized spacial score (nSPS) is 13.0. The molecule has 0 saturated heterocycles. The number of hydrogen-bond donors (Lipinski definition) is 2. The maximum atomic E-state index is 13.2. The molecule has 0 amide bonds. The van der Waals surface area contributed by atoms with Gasteiger partial charge < -0.3 is 43.4 Å². The molecule has 5 atom stereocenters. The standard InChI is InChI=1S/C75H124O18/c1-6-11-14-17-20-21-22-23-24-25-26-27-30-37-46-53-72(82)93-64(60-91-70(80)51-44-38-31-35-41-48-62(47-40-33-28-18-15-12-7-2)65(74(84)85)59-73(83)89-55-54-87-68(78)9-4)61-92-71(81)52-45-39-32-36-43-50-63(49-42-34-29-19-16-13-8-3)66(58-67(76)77)75(86)90-57-56-88-69(79)10-5/h9-10,23-24,40,42,47,49,62-66H,4-8,11-22,25-39,41,43-46,48,50-61H2,1-3H3,(H,76,77)(H,84,85)/b24-23+,47-40+,49-42+. The molecule has 0 spiro atoms. The average Bonchev–Trinajstić information content (AvgIpc) is 1.38. The summed E-state index contributed by atoms with van der Waals surface area (Å²) in [5, 5.41) is 20.0. The smallest absolute Gasteiger partial charge is 0.330 e. The SMILES string of the molecule is C=CC(=O)OCCOC(=O)CC(C(=O)O)C(/C=C/CCCCCCC)CCCCCCCC(=O)OCC(COC(=O)CCCCCCCC(/C=C/CCCCCCC)C(CC(=O)O)C(=O)OCCOC(=O)C=C)OC(=O)CCCCCCC/C=C/CCCCCCCC. The number of carbonyl (C=O) groups excluding carboxylic acids is 7. The molecule has 0 aliphatic carbocycles. The summed E-state index contributed by atoms with van der Waals surface area (Å²) in [4.78, 5) is 112. The largest absolute Gasteiger partial charge is 0.481 e. The van der Waals surface area contributed by atoms with Crippen molar-refractivity contribution in [3.8, 4) is 0 Å². The fraction of sp³-hybridized carbons (Fsp3) is 0.747. The first kappa shape index (κ1) is 86.9. The molecule has 0 fully saturated rings. The first-order chi connectivity index (χ1) is 45.1. The summed E-state index contributed by atoms with van der Waals surface area (Å²) in [7, 11) is 0. The fourth-order valence-electron chi connectivity index (χ4n) is 10.8. The Bertz CT molecular complexity index is 2100. The number of unbranched alkanes of at least 4 members (excludes halogenated alkanes) is 29. The lowest BCUT2D eigenvalue weighted by Gasteiger charge is -2.22. The van der Waals surface area contributed by atoms with E-state index in [-0.39, 0.29) is 71.2 Å². The van der Waals surface area contributed by atoms with Crippen LogP contribution in [0.1, 0.15) is 290 Å². The van der Waals surface area contributed by atoms with Gasteiger partial charge in [-0.1, -0.05) is 224 Å². The number of aliphatic carboxylic acids is 2. The second-order valence-electron chi connectivity index (χ2n) is 24.5. The summed E-state index contributed by atoms with van der Waals surface area (Å²) in [6, 6.07) is 0. The molecule has 532 valence electrons. The van der Waals surface area contributed by atoms with Gasteiger partial charge in [0.15, 0.2) is 6.10 Å². The van der Waals surface area contributed by atoms with Crippen LogP contribution in [0.4, 0.5) is 0 Å². The highest BCUT2D eigenvalue weighted by atomic mass is 16.6. The molecule has 0 aromatic carbocycles. The van der Waals surface area contributed by atoms with Crippen LogP contribution in [0.15, 0.2) is 61.8 Å². The average molecular weight is 1310 g/mol. The molecule has 18 heteroatoms. The summed E-state index contributed by atoms with van der Waals surface area (Å²) in [6.07, 6.45) is 48.6. The van der Waals surface area contributed by atoms with Crippen LogP contribution in [0.5, 0.6) is 0 Å². The third-order valence-corrected chi connectivity index (χ3v) is 16.3. The van der Waals surface area contributed by atoms with Gasteiger partial charge in [-0.15, -0.1) is 0 Å². The Morgan fingerprint density at radius 1 is 0.366 bits per heavy atom. The Kier molecular flexibility index (Phi) is 59.2. The summed E-state index contributed by atoms with van der Waals surface area (Å²) in [5.74, 6) is -8.99. The Morgan fingerprint density at radius 2 is 0.720 bits per heavy atom. The summed E-state index contributed by atoms with van der Waals surface area (Å²) >= 11 is 0. The minimum absolute atomic E-state index is 0.122. The van der Waals surface area contributed by atoms with Crippen LogP contribution < -0.4 is 0 Å². The molecule has 0 aromatic rings. The molecule has 0 rings (SSSR count). The first-order valence-electron chi connectivity index (χ1n) is 36.0. The van der Waals surface area contributed by atoms with Crippen LogP contribution in [0.2, 0.25) is 0 Å².